The maximum Gasteiger partial charge on any atom is 0.134 e. The van der Waals surface area contributed by atoms with Crippen LogP contribution in [0, 0.1) is 6.92 Å². The second-order valence-corrected chi connectivity index (χ2v) is 4.31. The van der Waals surface area contributed by atoms with Crippen LogP contribution < -0.4 is 4.74 Å². The van der Waals surface area contributed by atoms with Crippen LogP contribution >= 0.6 is 0 Å². The Morgan fingerprint density at radius 1 is 1.00 bits per heavy atom. The van der Waals surface area contributed by atoms with Crippen LogP contribution in [0.2, 0.25) is 0 Å². The van der Waals surface area contributed by atoms with Crippen molar-refractivity contribution < 1.29 is 9.15 Å². The third-order valence-electron chi connectivity index (χ3n) is 3.04. The van der Waals surface area contributed by atoms with Gasteiger partial charge in [-0.3, -0.25) is 0 Å². The van der Waals surface area contributed by atoms with Gasteiger partial charge >= 0.3 is 0 Å². The summed E-state index contributed by atoms with van der Waals surface area (Å²) in [6.07, 6.45) is 1.77. The Bertz CT molecular complexity index is 667. The first-order chi connectivity index (χ1) is 8.84. The average Bonchev–Trinajstić information content (AvgIpc) is 2.81. The van der Waals surface area contributed by atoms with E-state index in [1.165, 1.54) is 0 Å². The number of hydrogen-bond donors (Lipinski definition) is 0. The van der Waals surface area contributed by atoms with Gasteiger partial charge in [0, 0.05) is 10.9 Å². The van der Waals surface area contributed by atoms with Crippen LogP contribution in [0.15, 0.2) is 59.2 Å². The summed E-state index contributed by atoms with van der Waals surface area (Å²) in [5, 5.41) is 1.12. The van der Waals surface area contributed by atoms with Gasteiger partial charge in [0.25, 0.3) is 0 Å². The van der Waals surface area contributed by atoms with Gasteiger partial charge in [-0.2, -0.15) is 0 Å². The molecule has 2 heteroatoms. The molecule has 0 amide bonds. The molecule has 3 aromatic rings. The molecule has 0 bridgehead atoms. The number of fused-ring (bicyclic) bond motifs is 1. The lowest BCUT2D eigenvalue weighted by molar-refractivity contribution is 0.304. The summed E-state index contributed by atoms with van der Waals surface area (Å²) in [4.78, 5) is 0. The van der Waals surface area contributed by atoms with Crippen molar-refractivity contribution in [1.82, 2.24) is 0 Å². The molecule has 2 nitrogen and oxygen atoms in total. The predicted octanol–water partition coefficient (Wildman–Crippen LogP) is 4.32. The van der Waals surface area contributed by atoms with E-state index in [2.05, 4.69) is 6.07 Å². The van der Waals surface area contributed by atoms with Gasteiger partial charge in [-0.25, -0.2) is 0 Å². The fourth-order valence-corrected chi connectivity index (χ4v) is 2.02. The van der Waals surface area contributed by atoms with Crippen LogP contribution in [0.5, 0.6) is 5.75 Å². The van der Waals surface area contributed by atoms with Crippen molar-refractivity contribution in [1.29, 1.82) is 0 Å². The Hall–Kier alpha value is -2.22. The molecular weight excluding hydrogens is 224 g/mol. The molecule has 0 spiro atoms. The van der Waals surface area contributed by atoms with E-state index in [0.717, 1.165) is 27.8 Å². The second-order valence-electron chi connectivity index (χ2n) is 4.31. The smallest absolute Gasteiger partial charge is 0.134 e. The van der Waals surface area contributed by atoms with Crippen LogP contribution in [0.25, 0.3) is 11.0 Å². The lowest BCUT2D eigenvalue weighted by Gasteiger charge is -2.07. The minimum Gasteiger partial charge on any atom is -0.488 e. The van der Waals surface area contributed by atoms with Crippen molar-refractivity contribution in [3.05, 3.63) is 65.9 Å². The number of furan rings is 1. The fourth-order valence-electron chi connectivity index (χ4n) is 2.02. The van der Waals surface area contributed by atoms with Gasteiger partial charge in [0.15, 0.2) is 0 Å². The molecule has 0 unspecified atom stereocenters. The molecule has 0 radical (unpaired) electrons. The highest BCUT2D eigenvalue weighted by Crippen LogP contribution is 2.23. The summed E-state index contributed by atoms with van der Waals surface area (Å²) < 4.78 is 11.3. The molecule has 0 fully saturated rings. The molecule has 3 rings (SSSR count). The molecule has 18 heavy (non-hydrogen) atoms. The third kappa shape index (κ3) is 1.97. The quantitative estimate of drug-likeness (QED) is 0.678. The monoisotopic (exact) mass is 238 g/mol. The molecule has 0 aliphatic carbocycles. The van der Waals surface area contributed by atoms with Gasteiger partial charge in [-0.15, -0.1) is 0 Å². The van der Waals surface area contributed by atoms with Crippen molar-refractivity contribution in [3.8, 4) is 5.75 Å². The van der Waals surface area contributed by atoms with E-state index in [1.807, 2.05) is 49.4 Å². The maximum atomic E-state index is 5.83. The minimum absolute atomic E-state index is 0.530. The molecule has 1 heterocycles. The minimum atomic E-state index is 0.530. The summed E-state index contributed by atoms with van der Waals surface area (Å²) in [7, 11) is 0. The van der Waals surface area contributed by atoms with Crippen LogP contribution in [-0.2, 0) is 6.61 Å². The van der Waals surface area contributed by atoms with E-state index in [0.29, 0.717) is 6.61 Å². The zero-order chi connectivity index (χ0) is 12.4. The van der Waals surface area contributed by atoms with Crippen molar-refractivity contribution >= 4 is 11.0 Å². The van der Waals surface area contributed by atoms with E-state index in [4.69, 9.17) is 9.15 Å². The third-order valence-corrected chi connectivity index (χ3v) is 3.04. The summed E-state index contributed by atoms with van der Waals surface area (Å²) in [6.45, 7) is 2.57. The van der Waals surface area contributed by atoms with Crippen molar-refractivity contribution in [2.45, 2.75) is 13.5 Å². The molecule has 0 aliphatic heterocycles. The molecule has 0 atom stereocenters. The molecule has 2 aromatic carbocycles. The van der Waals surface area contributed by atoms with Gasteiger partial charge in [0.05, 0.1) is 6.26 Å². The molecule has 1 aromatic heterocycles. The lowest BCUT2D eigenvalue weighted by Crippen LogP contribution is -1.95. The number of benzene rings is 2. The summed E-state index contributed by atoms with van der Waals surface area (Å²) in [5.41, 5.74) is 3.13. The van der Waals surface area contributed by atoms with Gasteiger partial charge < -0.3 is 9.15 Å². The van der Waals surface area contributed by atoms with E-state index < -0.39 is 0 Å². The normalized spacial score (nSPS) is 10.7. The highest BCUT2D eigenvalue weighted by Gasteiger charge is 2.06. The number of para-hydroxylation sites is 2. The lowest BCUT2D eigenvalue weighted by atomic mass is 10.2. The predicted molar refractivity (Wildman–Crippen MR) is 71.7 cm³/mol. The van der Waals surface area contributed by atoms with Crippen molar-refractivity contribution in [3.63, 3.8) is 0 Å². The SMILES string of the molecule is Cc1ccccc1OCc1coc2ccccc12. The van der Waals surface area contributed by atoms with E-state index in [9.17, 15) is 0 Å². The standard InChI is InChI=1S/C16H14O2/c1-12-6-2-4-8-15(12)17-10-13-11-18-16-9-5-3-7-14(13)16/h2-9,11H,10H2,1H3. The van der Waals surface area contributed by atoms with Crippen LogP contribution in [-0.4, -0.2) is 0 Å². The highest BCUT2D eigenvalue weighted by molar-refractivity contribution is 5.80. The number of hydrogen-bond acceptors (Lipinski definition) is 2. The topological polar surface area (TPSA) is 22.4 Å². The average molecular weight is 238 g/mol. The Labute approximate surface area is 106 Å². The van der Waals surface area contributed by atoms with Crippen LogP contribution in [0.1, 0.15) is 11.1 Å². The second kappa shape index (κ2) is 4.57. The Morgan fingerprint density at radius 3 is 2.67 bits per heavy atom. The molecule has 90 valence electrons. The first-order valence-electron chi connectivity index (χ1n) is 5.98. The van der Waals surface area contributed by atoms with E-state index >= 15 is 0 Å². The maximum absolute atomic E-state index is 5.83. The van der Waals surface area contributed by atoms with E-state index in [-0.39, 0.29) is 0 Å². The first-order valence-corrected chi connectivity index (χ1v) is 5.98. The Kier molecular flexibility index (Phi) is 2.77. The molecule has 0 saturated carbocycles. The molecular formula is C16H14O2. The van der Waals surface area contributed by atoms with Crippen molar-refractivity contribution in [2.24, 2.45) is 0 Å². The first kappa shape index (κ1) is 10.9. The van der Waals surface area contributed by atoms with Crippen molar-refractivity contribution in [2.75, 3.05) is 0 Å². The van der Waals surface area contributed by atoms with Gasteiger partial charge in [-0.1, -0.05) is 36.4 Å². The Morgan fingerprint density at radius 2 is 1.78 bits per heavy atom. The zero-order valence-electron chi connectivity index (χ0n) is 10.2. The summed E-state index contributed by atoms with van der Waals surface area (Å²) in [5.74, 6) is 0.919. The number of aryl methyl sites for hydroxylation is 1. The number of ether oxygens (including phenoxy) is 1. The van der Waals surface area contributed by atoms with Gasteiger partial charge in [0.1, 0.15) is 17.9 Å². The van der Waals surface area contributed by atoms with Gasteiger partial charge in [-0.05, 0) is 24.6 Å². The van der Waals surface area contributed by atoms with E-state index in [1.54, 1.807) is 6.26 Å². The summed E-state index contributed by atoms with van der Waals surface area (Å²) >= 11 is 0. The number of rotatable bonds is 3. The molecule has 0 saturated heterocycles. The Balaban J connectivity index is 1.83. The largest absolute Gasteiger partial charge is 0.488 e. The molecule has 0 aliphatic rings. The van der Waals surface area contributed by atoms with Crippen LogP contribution in [0.3, 0.4) is 0 Å². The van der Waals surface area contributed by atoms with Crippen LogP contribution in [0.4, 0.5) is 0 Å². The highest BCUT2D eigenvalue weighted by atomic mass is 16.5. The summed E-state index contributed by atoms with van der Waals surface area (Å²) in [6, 6.07) is 16.0. The zero-order valence-corrected chi connectivity index (χ0v) is 10.2. The fraction of sp³-hybridized carbons (Fsp3) is 0.125. The molecule has 0 N–H and O–H groups in total. The van der Waals surface area contributed by atoms with Gasteiger partial charge in [0.2, 0.25) is 0 Å².